The number of rotatable bonds is 1. The van der Waals surface area contributed by atoms with Gasteiger partial charge in [0.15, 0.2) is 5.78 Å². The third-order valence-corrected chi connectivity index (χ3v) is 2.01. The van der Waals surface area contributed by atoms with Crippen molar-refractivity contribution in [1.82, 2.24) is 0 Å². The summed E-state index contributed by atoms with van der Waals surface area (Å²) in [4.78, 5) is 10.9. The molecule has 1 N–H and O–H groups in total. The minimum atomic E-state index is -0.579. The number of halogens is 2. The first-order chi connectivity index (χ1) is 5.52. The molecule has 0 saturated carbocycles. The average Bonchev–Trinajstić information content (AvgIpc) is 1.82. The van der Waals surface area contributed by atoms with Crippen molar-refractivity contribution < 1.29 is 14.3 Å². The topological polar surface area (TPSA) is 37.3 Å². The van der Waals surface area contributed by atoms with Gasteiger partial charge in [-0.1, -0.05) is 0 Å². The molecule has 1 rings (SSSR count). The van der Waals surface area contributed by atoms with Crippen LogP contribution in [-0.4, -0.2) is 10.9 Å². The van der Waals surface area contributed by atoms with Crippen LogP contribution >= 0.6 is 15.9 Å². The molecule has 0 bridgehead atoms. The molecule has 0 amide bonds. The first-order valence-electron chi connectivity index (χ1n) is 3.21. The summed E-state index contributed by atoms with van der Waals surface area (Å²) < 4.78 is 12.8. The summed E-state index contributed by atoms with van der Waals surface area (Å²) in [6.45, 7) is 1.30. The maximum Gasteiger partial charge on any atom is 0.164 e. The summed E-state index contributed by atoms with van der Waals surface area (Å²) in [5.41, 5.74) is 0.108. The fourth-order valence-electron chi connectivity index (χ4n) is 0.909. The zero-order valence-electron chi connectivity index (χ0n) is 6.27. The Balaban J connectivity index is 3.38. The largest absolute Gasteiger partial charge is 0.507 e. The monoisotopic (exact) mass is 232 g/mol. The second-order valence-electron chi connectivity index (χ2n) is 2.34. The lowest BCUT2D eigenvalue weighted by molar-refractivity contribution is 0.101. The van der Waals surface area contributed by atoms with E-state index in [9.17, 15) is 9.18 Å². The molecule has 0 aliphatic carbocycles. The average molecular weight is 233 g/mol. The fraction of sp³-hybridized carbons (Fsp3) is 0.125. The number of carbonyl (C=O) groups excluding carboxylic acids is 1. The molecule has 0 fully saturated rings. The van der Waals surface area contributed by atoms with Crippen LogP contribution in [0, 0.1) is 5.82 Å². The lowest BCUT2D eigenvalue weighted by Gasteiger charge is -2.02. The molecular weight excluding hydrogens is 227 g/mol. The number of ketones is 1. The first kappa shape index (κ1) is 9.19. The van der Waals surface area contributed by atoms with E-state index in [1.807, 2.05) is 0 Å². The van der Waals surface area contributed by atoms with E-state index in [4.69, 9.17) is 5.11 Å². The normalized spacial score (nSPS) is 9.92. The third-order valence-electron chi connectivity index (χ3n) is 1.39. The first-order valence-corrected chi connectivity index (χ1v) is 4.00. The van der Waals surface area contributed by atoms with Crippen LogP contribution in [0.1, 0.15) is 17.3 Å². The Bertz CT molecular complexity index is 313. The van der Waals surface area contributed by atoms with E-state index in [1.165, 1.54) is 6.92 Å². The van der Waals surface area contributed by atoms with Gasteiger partial charge in [0.1, 0.15) is 11.6 Å². The Morgan fingerprint density at radius 3 is 2.58 bits per heavy atom. The van der Waals surface area contributed by atoms with E-state index in [0.717, 1.165) is 12.1 Å². The molecule has 4 heteroatoms. The van der Waals surface area contributed by atoms with Gasteiger partial charge < -0.3 is 5.11 Å². The SMILES string of the molecule is CC(=O)c1c(O)cc(F)cc1Br. The van der Waals surface area contributed by atoms with Crippen LogP contribution in [0.4, 0.5) is 4.39 Å². The van der Waals surface area contributed by atoms with Gasteiger partial charge >= 0.3 is 0 Å². The van der Waals surface area contributed by atoms with Gasteiger partial charge in [-0.25, -0.2) is 4.39 Å². The van der Waals surface area contributed by atoms with E-state index in [0.29, 0.717) is 0 Å². The van der Waals surface area contributed by atoms with E-state index in [2.05, 4.69) is 15.9 Å². The van der Waals surface area contributed by atoms with E-state index in [-0.39, 0.29) is 21.6 Å². The van der Waals surface area contributed by atoms with Gasteiger partial charge in [0.25, 0.3) is 0 Å². The van der Waals surface area contributed by atoms with Gasteiger partial charge in [-0.3, -0.25) is 4.79 Å². The molecule has 0 radical (unpaired) electrons. The molecule has 0 unspecified atom stereocenters. The third kappa shape index (κ3) is 1.64. The zero-order valence-corrected chi connectivity index (χ0v) is 7.85. The van der Waals surface area contributed by atoms with Gasteiger partial charge in [0, 0.05) is 10.5 Å². The molecule has 0 aliphatic heterocycles. The number of hydrogen-bond donors (Lipinski definition) is 1. The Morgan fingerprint density at radius 2 is 2.17 bits per heavy atom. The van der Waals surface area contributed by atoms with Crippen LogP contribution in [0.15, 0.2) is 16.6 Å². The molecule has 0 atom stereocenters. The smallest absolute Gasteiger partial charge is 0.164 e. The fourth-order valence-corrected chi connectivity index (χ4v) is 1.61. The van der Waals surface area contributed by atoms with Crippen molar-refractivity contribution in [2.45, 2.75) is 6.92 Å². The maximum absolute atomic E-state index is 12.6. The number of benzene rings is 1. The predicted octanol–water partition coefficient (Wildman–Crippen LogP) is 2.50. The summed E-state index contributed by atoms with van der Waals surface area (Å²) in [6, 6.07) is 2.04. The second-order valence-corrected chi connectivity index (χ2v) is 3.19. The lowest BCUT2D eigenvalue weighted by Crippen LogP contribution is -1.95. The Hall–Kier alpha value is -0.900. The van der Waals surface area contributed by atoms with Gasteiger partial charge in [0.05, 0.1) is 5.56 Å². The van der Waals surface area contributed by atoms with Gasteiger partial charge in [0.2, 0.25) is 0 Å². The number of phenolic OH excluding ortho intramolecular Hbond substituents is 1. The lowest BCUT2D eigenvalue weighted by atomic mass is 10.1. The molecule has 12 heavy (non-hydrogen) atoms. The van der Waals surface area contributed by atoms with Crippen molar-refractivity contribution in [2.75, 3.05) is 0 Å². The molecule has 1 aromatic rings. The van der Waals surface area contributed by atoms with Crippen LogP contribution < -0.4 is 0 Å². The van der Waals surface area contributed by atoms with Crippen LogP contribution in [0.3, 0.4) is 0 Å². The van der Waals surface area contributed by atoms with Crippen molar-refractivity contribution in [1.29, 1.82) is 0 Å². The van der Waals surface area contributed by atoms with Crippen LogP contribution in [0.2, 0.25) is 0 Å². The van der Waals surface area contributed by atoms with Crippen molar-refractivity contribution in [3.63, 3.8) is 0 Å². The van der Waals surface area contributed by atoms with E-state index in [1.54, 1.807) is 0 Å². The van der Waals surface area contributed by atoms with Crippen molar-refractivity contribution in [2.24, 2.45) is 0 Å². The van der Waals surface area contributed by atoms with Crippen molar-refractivity contribution >= 4 is 21.7 Å². The predicted molar refractivity (Wildman–Crippen MR) is 45.8 cm³/mol. The van der Waals surface area contributed by atoms with Crippen molar-refractivity contribution in [3.8, 4) is 5.75 Å². The summed E-state index contributed by atoms with van der Waals surface area (Å²) in [6.07, 6.45) is 0. The van der Waals surface area contributed by atoms with Crippen LogP contribution in [-0.2, 0) is 0 Å². The minimum Gasteiger partial charge on any atom is -0.507 e. The molecule has 2 nitrogen and oxygen atoms in total. The Morgan fingerprint density at radius 1 is 1.58 bits per heavy atom. The number of phenols is 1. The van der Waals surface area contributed by atoms with Crippen LogP contribution in [0.25, 0.3) is 0 Å². The highest BCUT2D eigenvalue weighted by Crippen LogP contribution is 2.27. The van der Waals surface area contributed by atoms with Crippen LogP contribution in [0.5, 0.6) is 5.75 Å². The highest BCUT2D eigenvalue weighted by atomic mass is 79.9. The molecule has 0 aromatic heterocycles. The molecule has 0 spiro atoms. The summed E-state index contributed by atoms with van der Waals surface area (Å²) >= 11 is 2.98. The van der Waals surface area contributed by atoms with Gasteiger partial charge in [-0.05, 0) is 28.9 Å². The highest BCUT2D eigenvalue weighted by Gasteiger charge is 2.12. The summed E-state index contributed by atoms with van der Waals surface area (Å²) in [5.74, 6) is -1.22. The molecule has 0 aliphatic rings. The second kappa shape index (κ2) is 3.23. The van der Waals surface area contributed by atoms with Crippen molar-refractivity contribution in [3.05, 3.63) is 28.0 Å². The summed E-state index contributed by atoms with van der Waals surface area (Å²) in [7, 11) is 0. The molecular formula is C8H6BrFO2. The van der Waals surface area contributed by atoms with E-state index < -0.39 is 5.82 Å². The number of aromatic hydroxyl groups is 1. The Kier molecular flexibility index (Phi) is 2.47. The molecule has 0 saturated heterocycles. The number of Topliss-reactive ketones (excluding diaryl/α,β-unsaturated/α-hetero) is 1. The van der Waals surface area contributed by atoms with E-state index >= 15 is 0 Å². The quantitative estimate of drug-likeness (QED) is 0.756. The van der Waals surface area contributed by atoms with Gasteiger partial charge in [-0.15, -0.1) is 0 Å². The maximum atomic E-state index is 12.6. The highest BCUT2D eigenvalue weighted by molar-refractivity contribution is 9.10. The Labute approximate surface area is 77.2 Å². The zero-order chi connectivity index (χ0) is 9.30. The molecule has 0 heterocycles. The molecule has 64 valence electrons. The standard InChI is InChI=1S/C8H6BrFO2/c1-4(11)8-6(9)2-5(10)3-7(8)12/h2-3,12H,1H3. The van der Waals surface area contributed by atoms with Gasteiger partial charge in [-0.2, -0.15) is 0 Å². The number of carbonyl (C=O) groups is 1. The molecule has 1 aromatic carbocycles. The minimum absolute atomic E-state index is 0.108. The number of hydrogen-bond acceptors (Lipinski definition) is 2. The summed E-state index contributed by atoms with van der Waals surface area (Å²) in [5, 5.41) is 9.15.